The molecule has 0 heterocycles. The first kappa shape index (κ1) is 13.4. The molecule has 0 bridgehead atoms. The summed E-state index contributed by atoms with van der Waals surface area (Å²) in [6.45, 7) is 12.1. The van der Waals surface area contributed by atoms with Gasteiger partial charge in [-0.05, 0) is 42.5 Å². The van der Waals surface area contributed by atoms with Crippen LogP contribution in [0.15, 0.2) is 61.7 Å². The summed E-state index contributed by atoms with van der Waals surface area (Å²) in [7, 11) is 0. The molecule has 0 unspecified atom stereocenters. The van der Waals surface area contributed by atoms with Gasteiger partial charge in [0.2, 0.25) is 0 Å². The third-order valence-electron chi connectivity index (χ3n) is 3.31. The maximum Gasteiger partial charge on any atom is -0.00940 e. The molecule has 0 atom stereocenters. The first-order valence-electron chi connectivity index (χ1n) is 6.59. The molecular weight excluding hydrogens is 228 g/mol. The Morgan fingerprint density at radius 1 is 1.11 bits per heavy atom. The van der Waals surface area contributed by atoms with Gasteiger partial charge in [-0.1, -0.05) is 66.3 Å². The average molecular weight is 248 g/mol. The van der Waals surface area contributed by atoms with Crippen molar-refractivity contribution in [1.29, 1.82) is 0 Å². The molecule has 0 saturated heterocycles. The van der Waals surface area contributed by atoms with Crippen molar-refractivity contribution in [3.05, 3.63) is 78.4 Å². The molecule has 0 amide bonds. The summed E-state index contributed by atoms with van der Waals surface area (Å²) in [5, 5.41) is 0. The molecule has 0 aromatic heterocycles. The van der Waals surface area contributed by atoms with Crippen LogP contribution < -0.4 is 0 Å². The lowest BCUT2D eigenvalue weighted by Gasteiger charge is -2.14. The molecule has 0 N–H and O–H groups in total. The molecule has 0 fully saturated rings. The summed E-state index contributed by atoms with van der Waals surface area (Å²) in [5.41, 5.74) is 7.46. The van der Waals surface area contributed by atoms with Gasteiger partial charge in [0, 0.05) is 0 Å². The molecule has 96 valence electrons. The van der Waals surface area contributed by atoms with E-state index in [1.165, 1.54) is 27.8 Å². The van der Waals surface area contributed by atoms with Crippen LogP contribution in [0.3, 0.4) is 0 Å². The Morgan fingerprint density at radius 3 is 2.53 bits per heavy atom. The smallest absolute Gasteiger partial charge is 0.00940 e. The summed E-state index contributed by atoms with van der Waals surface area (Å²) in [4.78, 5) is 0. The van der Waals surface area contributed by atoms with Crippen LogP contribution in [-0.4, -0.2) is 0 Å². The molecule has 0 radical (unpaired) electrons. The van der Waals surface area contributed by atoms with Gasteiger partial charge in [-0.3, -0.25) is 0 Å². The van der Waals surface area contributed by atoms with Gasteiger partial charge < -0.3 is 0 Å². The zero-order chi connectivity index (χ0) is 13.8. The summed E-state index contributed by atoms with van der Waals surface area (Å²) in [6, 6.07) is 15.1. The lowest BCUT2D eigenvalue weighted by Crippen LogP contribution is -1.93. The Bertz CT molecular complexity index is 618. The van der Waals surface area contributed by atoms with Crippen LogP contribution >= 0.6 is 0 Å². The molecule has 2 rings (SSSR count). The van der Waals surface area contributed by atoms with Gasteiger partial charge >= 0.3 is 0 Å². The van der Waals surface area contributed by atoms with Crippen molar-refractivity contribution >= 4 is 5.57 Å². The number of allylic oxidation sites excluding steroid dienone is 2. The molecule has 0 spiro atoms. The predicted molar refractivity (Wildman–Crippen MR) is 85.2 cm³/mol. The molecule has 19 heavy (non-hydrogen) atoms. The van der Waals surface area contributed by atoms with Gasteiger partial charge in [0.25, 0.3) is 0 Å². The van der Waals surface area contributed by atoms with Gasteiger partial charge in [-0.15, -0.1) is 6.58 Å². The normalized spacial score (nSPS) is 10.2. The van der Waals surface area contributed by atoms with Crippen LogP contribution in [0.2, 0.25) is 0 Å². The molecular formula is C19H20. The Labute approximate surface area is 116 Å². The zero-order valence-electron chi connectivity index (χ0n) is 11.7. The first-order valence-corrected chi connectivity index (χ1v) is 6.59. The second kappa shape index (κ2) is 5.71. The van der Waals surface area contributed by atoms with E-state index < -0.39 is 0 Å². The summed E-state index contributed by atoms with van der Waals surface area (Å²) < 4.78 is 0. The minimum atomic E-state index is 0.889. The average Bonchev–Trinajstić information content (AvgIpc) is 2.39. The standard InChI is InChI=1S/C19H20/c1-5-8-16-9-6-7-10-18(16)19-13-15(4)11-12-17(19)14(2)3/h5-7,9-13H,1-2,8H2,3-4H3. The van der Waals surface area contributed by atoms with E-state index >= 15 is 0 Å². The maximum absolute atomic E-state index is 4.10. The van der Waals surface area contributed by atoms with Crippen LogP contribution in [-0.2, 0) is 6.42 Å². The Morgan fingerprint density at radius 2 is 1.84 bits per heavy atom. The number of aryl methyl sites for hydroxylation is 1. The fraction of sp³-hybridized carbons (Fsp3) is 0.158. The predicted octanol–water partition coefficient (Wildman–Crippen LogP) is 5.42. The van der Waals surface area contributed by atoms with Gasteiger partial charge in [0.05, 0.1) is 0 Å². The van der Waals surface area contributed by atoms with Gasteiger partial charge in [0.1, 0.15) is 0 Å². The highest BCUT2D eigenvalue weighted by molar-refractivity contribution is 5.81. The van der Waals surface area contributed by atoms with E-state index in [2.05, 4.69) is 69.5 Å². The van der Waals surface area contributed by atoms with Crippen molar-refractivity contribution in [3.8, 4) is 11.1 Å². The van der Waals surface area contributed by atoms with E-state index in [1.807, 2.05) is 6.08 Å². The molecule has 2 aromatic rings. The van der Waals surface area contributed by atoms with E-state index in [9.17, 15) is 0 Å². The third kappa shape index (κ3) is 2.85. The monoisotopic (exact) mass is 248 g/mol. The highest BCUT2D eigenvalue weighted by Gasteiger charge is 2.09. The molecule has 0 nitrogen and oxygen atoms in total. The number of hydrogen-bond donors (Lipinski definition) is 0. The molecule has 2 aromatic carbocycles. The quantitative estimate of drug-likeness (QED) is 0.633. The van der Waals surface area contributed by atoms with E-state index in [1.54, 1.807) is 0 Å². The Kier molecular flexibility index (Phi) is 4.01. The number of benzene rings is 2. The molecule has 0 aliphatic heterocycles. The van der Waals surface area contributed by atoms with E-state index in [0.717, 1.165) is 12.0 Å². The minimum Gasteiger partial charge on any atom is -0.103 e. The topological polar surface area (TPSA) is 0 Å². The Balaban J connectivity index is 2.67. The summed E-state index contributed by atoms with van der Waals surface area (Å²) in [6.07, 6.45) is 2.84. The number of rotatable bonds is 4. The molecule has 0 aliphatic carbocycles. The van der Waals surface area contributed by atoms with Gasteiger partial charge in [-0.2, -0.15) is 0 Å². The zero-order valence-corrected chi connectivity index (χ0v) is 11.7. The van der Waals surface area contributed by atoms with Crippen molar-refractivity contribution in [3.63, 3.8) is 0 Å². The largest absolute Gasteiger partial charge is 0.103 e. The molecule has 0 aliphatic rings. The minimum absolute atomic E-state index is 0.889. The summed E-state index contributed by atoms with van der Waals surface area (Å²) in [5.74, 6) is 0. The van der Waals surface area contributed by atoms with Crippen LogP contribution in [0, 0.1) is 6.92 Å². The fourth-order valence-electron chi connectivity index (χ4n) is 2.37. The first-order chi connectivity index (χ1) is 9.13. The van der Waals surface area contributed by atoms with Gasteiger partial charge in [-0.25, -0.2) is 0 Å². The fourth-order valence-corrected chi connectivity index (χ4v) is 2.37. The second-order valence-corrected chi connectivity index (χ2v) is 4.98. The second-order valence-electron chi connectivity index (χ2n) is 4.98. The van der Waals surface area contributed by atoms with E-state index in [-0.39, 0.29) is 0 Å². The van der Waals surface area contributed by atoms with Crippen LogP contribution in [0.25, 0.3) is 16.7 Å². The van der Waals surface area contributed by atoms with E-state index in [4.69, 9.17) is 0 Å². The van der Waals surface area contributed by atoms with Gasteiger partial charge in [0.15, 0.2) is 0 Å². The van der Waals surface area contributed by atoms with Crippen LogP contribution in [0.4, 0.5) is 0 Å². The van der Waals surface area contributed by atoms with E-state index in [0.29, 0.717) is 0 Å². The van der Waals surface area contributed by atoms with Crippen LogP contribution in [0.1, 0.15) is 23.6 Å². The Hall–Kier alpha value is -2.08. The highest BCUT2D eigenvalue weighted by atomic mass is 14.1. The van der Waals surface area contributed by atoms with Crippen molar-refractivity contribution < 1.29 is 0 Å². The molecule has 0 heteroatoms. The lowest BCUT2D eigenvalue weighted by molar-refractivity contribution is 1.27. The lowest BCUT2D eigenvalue weighted by atomic mass is 9.90. The highest BCUT2D eigenvalue weighted by Crippen LogP contribution is 2.31. The molecule has 0 saturated carbocycles. The number of hydrogen-bond acceptors (Lipinski definition) is 0. The van der Waals surface area contributed by atoms with Crippen molar-refractivity contribution in [2.24, 2.45) is 0 Å². The van der Waals surface area contributed by atoms with Crippen molar-refractivity contribution in [2.45, 2.75) is 20.3 Å². The maximum atomic E-state index is 4.10. The van der Waals surface area contributed by atoms with Crippen LogP contribution in [0.5, 0.6) is 0 Å². The third-order valence-corrected chi connectivity index (χ3v) is 3.31. The van der Waals surface area contributed by atoms with Crippen molar-refractivity contribution in [1.82, 2.24) is 0 Å². The summed E-state index contributed by atoms with van der Waals surface area (Å²) >= 11 is 0. The SMILES string of the molecule is C=CCc1ccccc1-c1cc(C)ccc1C(=C)C. The van der Waals surface area contributed by atoms with Crippen molar-refractivity contribution in [2.75, 3.05) is 0 Å².